The van der Waals surface area contributed by atoms with Crippen molar-refractivity contribution in [1.29, 1.82) is 0 Å². The zero-order valence-electron chi connectivity index (χ0n) is 18.6. The molecule has 1 heterocycles. The first-order valence-corrected chi connectivity index (χ1v) is 11.5. The van der Waals surface area contributed by atoms with Gasteiger partial charge in [-0.3, -0.25) is 0 Å². The summed E-state index contributed by atoms with van der Waals surface area (Å²) in [5, 5.41) is 11.2. The highest BCUT2D eigenvalue weighted by Gasteiger charge is 2.60. The summed E-state index contributed by atoms with van der Waals surface area (Å²) in [5.41, 5.74) is -1.90. The first-order chi connectivity index (χ1) is 14.6. The third kappa shape index (κ3) is 3.81. The van der Waals surface area contributed by atoms with E-state index in [0.717, 1.165) is 17.8 Å². The molecule has 5 aliphatic rings. The van der Waals surface area contributed by atoms with E-state index in [2.05, 4.69) is 0 Å². The molecular weight excluding hydrogens is 399 g/mol. The van der Waals surface area contributed by atoms with Crippen LogP contribution in [0.5, 0.6) is 0 Å². The van der Waals surface area contributed by atoms with Crippen LogP contribution in [0.1, 0.15) is 75.2 Å². The third-order valence-corrected chi connectivity index (χ3v) is 7.61. The number of alkyl halides is 1. The second-order valence-corrected chi connectivity index (χ2v) is 11.4. The molecule has 170 valence electrons. The Labute approximate surface area is 183 Å². The average molecular weight is 433 g/mol. The summed E-state index contributed by atoms with van der Waals surface area (Å²) in [6.45, 7) is 5.85. The van der Waals surface area contributed by atoms with Crippen molar-refractivity contribution in [3.8, 4) is 0 Å². The molecule has 6 rings (SSSR count). The van der Waals surface area contributed by atoms with Crippen LogP contribution in [-0.4, -0.2) is 35.9 Å². The van der Waals surface area contributed by atoms with Crippen LogP contribution in [0.3, 0.4) is 0 Å². The lowest BCUT2D eigenvalue weighted by molar-refractivity contribution is -0.421. The zero-order chi connectivity index (χ0) is 22.0. The van der Waals surface area contributed by atoms with Gasteiger partial charge in [0.05, 0.1) is 12.2 Å². The van der Waals surface area contributed by atoms with Gasteiger partial charge < -0.3 is 19.3 Å². The summed E-state index contributed by atoms with van der Waals surface area (Å²) in [7, 11) is 0. The number of esters is 1. The van der Waals surface area contributed by atoms with Crippen LogP contribution in [0.25, 0.3) is 0 Å². The fraction of sp³-hybridized carbons (Fsp3) is 0.720. The monoisotopic (exact) mass is 432 g/mol. The molecule has 3 atom stereocenters. The molecule has 31 heavy (non-hydrogen) atoms. The van der Waals surface area contributed by atoms with E-state index in [4.69, 9.17) is 14.2 Å². The standard InChI is InChI=1S/C25H33FO5/c1-23(2,3)31-20(27)18-5-4-6-19(10-18)25(28)21(26)30-22(25)29-14-24-11-15-7-16(12-24)9-17(8-15)13-24/h4-6,10,15-17,21-22,28H,7-9,11-14H2,1-3H3. The highest BCUT2D eigenvalue weighted by Crippen LogP contribution is 2.60. The molecule has 1 N–H and O–H groups in total. The molecule has 4 bridgehead atoms. The zero-order valence-corrected chi connectivity index (χ0v) is 18.6. The van der Waals surface area contributed by atoms with Crippen molar-refractivity contribution in [3.05, 3.63) is 35.4 Å². The smallest absolute Gasteiger partial charge is 0.338 e. The number of halogens is 1. The summed E-state index contributed by atoms with van der Waals surface area (Å²) in [6, 6.07) is 6.29. The minimum Gasteiger partial charge on any atom is -0.456 e. The Bertz CT molecular complexity index is 826. The fourth-order valence-electron chi connectivity index (χ4n) is 6.74. The van der Waals surface area contributed by atoms with Crippen molar-refractivity contribution in [3.63, 3.8) is 0 Å². The number of ether oxygens (including phenoxy) is 3. The molecule has 4 saturated carbocycles. The molecule has 1 aromatic carbocycles. The summed E-state index contributed by atoms with van der Waals surface area (Å²) in [4.78, 5) is 12.4. The molecular formula is C25H33FO5. The lowest BCUT2D eigenvalue weighted by Gasteiger charge is -2.57. The van der Waals surface area contributed by atoms with Crippen molar-refractivity contribution >= 4 is 5.97 Å². The largest absolute Gasteiger partial charge is 0.456 e. The number of carbonyl (C=O) groups excluding carboxylic acids is 1. The van der Waals surface area contributed by atoms with E-state index in [1.807, 2.05) is 0 Å². The first-order valence-electron chi connectivity index (χ1n) is 11.5. The predicted molar refractivity (Wildman–Crippen MR) is 112 cm³/mol. The Kier molecular flexibility index (Phi) is 5.00. The normalized spacial score (nSPS) is 41.1. The molecule has 0 spiro atoms. The van der Waals surface area contributed by atoms with Gasteiger partial charge in [0.25, 0.3) is 0 Å². The predicted octanol–water partition coefficient (Wildman–Crippen LogP) is 4.71. The van der Waals surface area contributed by atoms with Crippen LogP contribution in [0.15, 0.2) is 24.3 Å². The minimum absolute atomic E-state index is 0.138. The van der Waals surface area contributed by atoms with Crippen LogP contribution in [0.4, 0.5) is 4.39 Å². The number of hydrogen-bond acceptors (Lipinski definition) is 5. The SMILES string of the molecule is CC(C)(C)OC(=O)c1cccc(C2(O)C(F)OC2OCC23CC4CC(CC(C4)C2)C3)c1. The topological polar surface area (TPSA) is 65.0 Å². The van der Waals surface area contributed by atoms with Gasteiger partial charge in [-0.15, -0.1) is 0 Å². The second-order valence-electron chi connectivity index (χ2n) is 11.4. The van der Waals surface area contributed by atoms with Crippen molar-refractivity contribution < 1.29 is 28.5 Å². The summed E-state index contributed by atoms with van der Waals surface area (Å²) in [6.07, 6.45) is 4.53. The minimum atomic E-state index is -1.93. The van der Waals surface area contributed by atoms with Crippen molar-refractivity contribution in [2.24, 2.45) is 23.2 Å². The Morgan fingerprint density at radius 1 is 1.16 bits per heavy atom. The molecule has 6 heteroatoms. The average Bonchev–Trinajstić information content (AvgIpc) is 2.68. The summed E-state index contributed by atoms with van der Waals surface area (Å²) >= 11 is 0. The molecule has 4 aliphatic carbocycles. The molecule has 1 aromatic rings. The van der Waals surface area contributed by atoms with Crippen LogP contribution in [0, 0.1) is 23.2 Å². The van der Waals surface area contributed by atoms with Gasteiger partial charge in [-0.2, -0.15) is 0 Å². The van der Waals surface area contributed by atoms with E-state index in [9.17, 15) is 14.3 Å². The number of carbonyl (C=O) groups is 1. The van der Waals surface area contributed by atoms with Crippen molar-refractivity contribution in [2.75, 3.05) is 6.61 Å². The Hall–Kier alpha value is -1.50. The fourth-order valence-corrected chi connectivity index (χ4v) is 6.74. The van der Waals surface area contributed by atoms with Gasteiger partial charge in [0.2, 0.25) is 6.36 Å². The van der Waals surface area contributed by atoms with Gasteiger partial charge in [-0.1, -0.05) is 12.1 Å². The van der Waals surface area contributed by atoms with Gasteiger partial charge in [0, 0.05) is 0 Å². The molecule has 5 fully saturated rings. The molecule has 0 amide bonds. The summed E-state index contributed by atoms with van der Waals surface area (Å²) < 4.78 is 31.2. The van der Waals surface area contributed by atoms with E-state index in [-0.39, 0.29) is 16.5 Å². The second kappa shape index (κ2) is 7.26. The van der Waals surface area contributed by atoms with Gasteiger partial charge >= 0.3 is 5.97 Å². The van der Waals surface area contributed by atoms with Crippen LogP contribution in [0.2, 0.25) is 0 Å². The number of aliphatic hydroxyl groups is 1. The number of hydrogen-bond donors (Lipinski definition) is 1. The molecule has 1 aliphatic heterocycles. The Morgan fingerprint density at radius 3 is 2.32 bits per heavy atom. The van der Waals surface area contributed by atoms with Crippen LogP contribution in [-0.2, 0) is 19.8 Å². The van der Waals surface area contributed by atoms with Crippen LogP contribution >= 0.6 is 0 Å². The van der Waals surface area contributed by atoms with Gasteiger partial charge in [0.15, 0.2) is 11.9 Å². The van der Waals surface area contributed by atoms with E-state index >= 15 is 0 Å². The first kappa shape index (κ1) is 21.4. The summed E-state index contributed by atoms with van der Waals surface area (Å²) in [5.74, 6) is 1.85. The number of benzene rings is 1. The Balaban J connectivity index is 1.30. The van der Waals surface area contributed by atoms with E-state index in [0.29, 0.717) is 6.61 Å². The molecule has 0 radical (unpaired) electrons. The quantitative estimate of drug-likeness (QED) is 0.683. The van der Waals surface area contributed by atoms with E-state index in [1.54, 1.807) is 39.0 Å². The van der Waals surface area contributed by atoms with Gasteiger partial charge in [0.1, 0.15) is 5.60 Å². The lowest BCUT2D eigenvalue weighted by Crippen LogP contribution is -2.63. The maximum absolute atomic E-state index is 14.5. The van der Waals surface area contributed by atoms with Gasteiger partial charge in [-0.25, -0.2) is 9.18 Å². The maximum atomic E-state index is 14.5. The molecule has 5 nitrogen and oxygen atoms in total. The van der Waals surface area contributed by atoms with Crippen molar-refractivity contribution in [2.45, 2.75) is 83.1 Å². The van der Waals surface area contributed by atoms with E-state index < -0.39 is 29.8 Å². The Morgan fingerprint density at radius 2 is 1.77 bits per heavy atom. The lowest BCUT2D eigenvalue weighted by atomic mass is 9.50. The highest BCUT2D eigenvalue weighted by atomic mass is 19.1. The van der Waals surface area contributed by atoms with Gasteiger partial charge in [-0.05, 0) is 100 Å². The molecule has 3 unspecified atom stereocenters. The maximum Gasteiger partial charge on any atom is 0.338 e. The highest BCUT2D eigenvalue weighted by molar-refractivity contribution is 5.90. The molecule has 0 aromatic heterocycles. The van der Waals surface area contributed by atoms with Crippen LogP contribution < -0.4 is 0 Å². The molecule has 1 saturated heterocycles. The van der Waals surface area contributed by atoms with E-state index in [1.165, 1.54) is 44.6 Å². The number of rotatable bonds is 5. The third-order valence-electron chi connectivity index (χ3n) is 7.61. The van der Waals surface area contributed by atoms with Crippen molar-refractivity contribution in [1.82, 2.24) is 0 Å².